The van der Waals surface area contributed by atoms with E-state index in [1.54, 1.807) is 10.8 Å². The third kappa shape index (κ3) is 1.71. The molecule has 0 N–H and O–H groups in total. The Bertz CT molecular complexity index is 592. The first-order valence-electron chi connectivity index (χ1n) is 5.08. The van der Waals surface area contributed by atoms with Crippen LogP contribution in [0.2, 0.25) is 0 Å². The maximum atomic E-state index is 11.9. The summed E-state index contributed by atoms with van der Waals surface area (Å²) in [6.07, 6.45) is 3.69. The number of aryl methyl sites for hydroxylation is 2. The molecule has 0 amide bonds. The molecule has 0 aliphatic rings. The third-order valence-corrected chi connectivity index (χ3v) is 3.04. The van der Waals surface area contributed by atoms with Crippen LogP contribution in [0, 0.1) is 6.92 Å². The third-order valence-electron chi connectivity index (χ3n) is 2.48. The summed E-state index contributed by atoms with van der Waals surface area (Å²) in [6, 6.07) is 1.84. The van der Waals surface area contributed by atoms with E-state index in [9.17, 15) is 4.79 Å². The van der Waals surface area contributed by atoms with E-state index in [1.807, 2.05) is 26.2 Å². The molecular weight excluding hydrogens is 222 g/mol. The smallest absolute Gasteiger partial charge is 0.255 e. The minimum absolute atomic E-state index is 0.0285. The standard InChI is InChI=1S/C11H13N3OS/c1-4-14-9-8(5-7(2)10(14)15)6-12-11(13-9)16-3/h5-6H,4H2,1-3H3. The number of hydrogen-bond donors (Lipinski definition) is 0. The fraction of sp³-hybridized carbons (Fsp3) is 0.364. The molecule has 0 atom stereocenters. The van der Waals surface area contributed by atoms with Crippen LogP contribution in [0.5, 0.6) is 0 Å². The average molecular weight is 235 g/mol. The second-order valence-electron chi connectivity index (χ2n) is 3.51. The molecule has 2 rings (SSSR count). The summed E-state index contributed by atoms with van der Waals surface area (Å²) < 4.78 is 1.69. The van der Waals surface area contributed by atoms with Gasteiger partial charge in [-0.2, -0.15) is 0 Å². The molecule has 16 heavy (non-hydrogen) atoms. The highest BCUT2D eigenvalue weighted by Gasteiger charge is 2.07. The van der Waals surface area contributed by atoms with Gasteiger partial charge in [-0.3, -0.25) is 9.36 Å². The van der Waals surface area contributed by atoms with E-state index in [-0.39, 0.29) is 5.56 Å². The van der Waals surface area contributed by atoms with Gasteiger partial charge in [0.15, 0.2) is 5.16 Å². The number of fused-ring (bicyclic) bond motifs is 1. The lowest BCUT2D eigenvalue weighted by atomic mass is 10.2. The van der Waals surface area contributed by atoms with Gasteiger partial charge in [0.2, 0.25) is 0 Å². The lowest BCUT2D eigenvalue weighted by Crippen LogP contribution is -2.22. The lowest BCUT2D eigenvalue weighted by Gasteiger charge is -2.08. The molecule has 0 saturated heterocycles. The van der Waals surface area contributed by atoms with E-state index >= 15 is 0 Å². The molecule has 0 spiro atoms. The molecule has 0 saturated carbocycles. The Morgan fingerprint density at radius 3 is 2.88 bits per heavy atom. The molecule has 0 aromatic carbocycles. The maximum absolute atomic E-state index is 11.9. The van der Waals surface area contributed by atoms with E-state index in [0.29, 0.717) is 11.7 Å². The molecule has 2 aromatic heterocycles. The maximum Gasteiger partial charge on any atom is 0.255 e. The zero-order valence-electron chi connectivity index (χ0n) is 9.52. The van der Waals surface area contributed by atoms with Crippen LogP contribution >= 0.6 is 11.8 Å². The van der Waals surface area contributed by atoms with E-state index in [0.717, 1.165) is 16.6 Å². The molecule has 0 aliphatic heterocycles. The van der Waals surface area contributed by atoms with Crippen LogP contribution in [0.25, 0.3) is 11.0 Å². The molecule has 0 unspecified atom stereocenters. The molecule has 4 nitrogen and oxygen atoms in total. The minimum atomic E-state index is 0.0285. The largest absolute Gasteiger partial charge is 0.293 e. The minimum Gasteiger partial charge on any atom is -0.293 e. The van der Waals surface area contributed by atoms with Gasteiger partial charge in [-0.1, -0.05) is 11.8 Å². The van der Waals surface area contributed by atoms with Crippen molar-refractivity contribution in [1.82, 2.24) is 14.5 Å². The van der Waals surface area contributed by atoms with Gasteiger partial charge in [-0.05, 0) is 26.2 Å². The molecule has 0 bridgehead atoms. The summed E-state index contributed by atoms with van der Waals surface area (Å²) in [5.41, 5.74) is 1.48. The van der Waals surface area contributed by atoms with Gasteiger partial charge in [-0.25, -0.2) is 9.97 Å². The van der Waals surface area contributed by atoms with E-state index in [2.05, 4.69) is 9.97 Å². The van der Waals surface area contributed by atoms with Crippen LogP contribution < -0.4 is 5.56 Å². The Morgan fingerprint density at radius 1 is 1.50 bits per heavy atom. The van der Waals surface area contributed by atoms with Gasteiger partial charge in [0, 0.05) is 23.7 Å². The van der Waals surface area contributed by atoms with Gasteiger partial charge in [-0.15, -0.1) is 0 Å². The van der Waals surface area contributed by atoms with Crippen molar-refractivity contribution < 1.29 is 0 Å². The predicted octanol–water partition coefficient (Wildman–Crippen LogP) is 1.84. The van der Waals surface area contributed by atoms with E-state index in [4.69, 9.17) is 0 Å². The Morgan fingerprint density at radius 2 is 2.25 bits per heavy atom. The summed E-state index contributed by atoms with van der Waals surface area (Å²) in [5.74, 6) is 0. The lowest BCUT2D eigenvalue weighted by molar-refractivity contribution is 0.735. The number of rotatable bonds is 2. The van der Waals surface area contributed by atoms with Crippen molar-refractivity contribution in [2.24, 2.45) is 0 Å². The number of hydrogen-bond acceptors (Lipinski definition) is 4. The average Bonchev–Trinajstić information content (AvgIpc) is 2.30. The van der Waals surface area contributed by atoms with Crippen molar-refractivity contribution in [3.63, 3.8) is 0 Å². The van der Waals surface area contributed by atoms with Gasteiger partial charge < -0.3 is 0 Å². The van der Waals surface area contributed by atoms with Gasteiger partial charge in [0.25, 0.3) is 5.56 Å². The first-order valence-corrected chi connectivity index (χ1v) is 6.31. The second kappa shape index (κ2) is 4.25. The Kier molecular flexibility index (Phi) is 2.96. The van der Waals surface area contributed by atoms with Crippen molar-refractivity contribution in [1.29, 1.82) is 0 Å². The molecule has 84 valence electrons. The van der Waals surface area contributed by atoms with Crippen molar-refractivity contribution in [3.8, 4) is 0 Å². The van der Waals surface area contributed by atoms with Crippen LogP contribution in [-0.4, -0.2) is 20.8 Å². The Labute approximate surface area is 97.7 Å². The van der Waals surface area contributed by atoms with Crippen molar-refractivity contribution in [3.05, 3.63) is 28.2 Å². The first kappa shape index (κ1) is 11.1. The topological polar surface area (TPSA) is 47.8 Å². The monoisotopic (exact) mass is 235 g/mol. The summed E-state index contributed by atoms with van der Waals surface area (Å²) in [5, 5.41) is 1.61. The van der Waals surface area contributed by atoms with Crippen LogP contribution in [-0.2, 0) is 6.54 Å². The number of nitrogens with zero attached hydrogens (tertiary/aromatic N) is 3. The quantitative estimate of drug-likeness (QED) is 0.588. The molecule has 2 heterocycles. The summed E-state index contributed by atoms with van der Waals surface area (Å²) in [6.45, 7) is 4.39. The van der Waals surface area contributed by atoms with Crippen molar-refractivity contribution >= 4 is 22.8 Å². The van der Waals surface area contributed by atoms with E-state index < -0.39 is 0 Å². The first-order chi connectivity index (χ1) is 7.67. The van der Waals surface area contributed by atoms with Gasteiger partial charge >= 0.3 is 0 Å². The normalized spacial score (nSPS) is 10.9. The van der Waals surface area contributed by atoms with Crippen LogP contribution in [0.4, 0.5) is 0 Å². The summed E-state index contributed by atoms with van der Waals surface area (Å²) >= 11 is 1.48. The van der Waals surface area contributed by atoms with Crippen molar-refractivity contribution in [2.75, 3.05) is 6.26 Å². The molecule has 0 fully saturated rings. The summed E-state index contributed by atoms with van der Waals surface area (Å²) in [7, 11) is 0. The van der Waals surface area contributed by atoms with Crippen LogP contribution in [0.1, 0.15) is 12.5 Å². The summed E-state index contributed by atoms with van der Waals surface area (Å²) in [4.78, 5) is 20.5. The van der Waals surface area contributed by atoms with Gasteiger partial charge in [0.1, 0.15) is 5.65 Å². The van der Waals surface area contributed by atoms with Crippen LogP contribution in [0.15, 0.2) is 22.2 Å². The highest BCUT2D eigenvalue weighted by atomic mass is 32.2. The van der Waals surface area contributed by atoms with E-state index in [1.165, 1.54) is 11.8 Å². The molecule has 0 aliphatic carbocycles. The number of thioether (sulfide) groups is 1. The Hall–Kier alpha value is -1.36. The fourth-order valence-corrected chi connectivity index (χ4v) is 2.02. The molecular formula is C11H13N3OS. The predicted molar refractivity (Wildman–Crippen MR) is 66.0 cm³/mol. The van der Waals surface area contributed by atoms with Crippen molar-refractivity contribution in [2.45, 2.75) is 25.5 Å². The molecule has 5 heteroatoms. The number of pyridine rings is 1. The highest BCUT2D eigenvalue weighted by Crippen LogP contribution is 2.14. The highest BCUT2D eigenvalue weighted by molar-refractivity contribution is 7.98. The fourth-order valence-electron chi connectivity index (χ4n) is 1.68. The number of aromatic nitrogens is 3. The SMILES string of the molecule is CCn1c(=O)c(C)cc2cnc(SC)nc21. The molecule has 2 aromatic rings. The molecule has 0 radical (unpaired) electrons. The zero-order valence-corrected chi connectivity index (χ0v) is 10.3. The Balaban J connectivity index is 2.87. The zero-order chi connectivity index (χ0) is 11.7. The second-order valence-corrected chi connectivity index (χ2v) is 4.29. The van der Waals surface area contributed by atoms with Gasteiger partial charge in [0.05, 0.1) is 0 Å². The van der Waals surface area contributed by atoms with Crippen LogP contribution in [0.3, 0.4) is 0 Å².